The molecule has 1 amide bonds. The van der Waals surface area contributed by atoms with Crippen LogP contribution < -0.4 is 10.1 Å². The van der Waals surface area contributed by atoms with Gasteiger partial charge in [0, 0.05) is 17.7 Å². The second kappa shape index (κ2) is 9.97. The molecule has 35 heavy (non-hydrogen) atoms. The Morgan fingerprint density at radius 3 is 2.60 bits per heavy atom. The second-order valence-electron chi connectivity index (χ2n) is 9.08. The summed E-state index contributed by atoms with van der Waals surface area (Å²) in [4.78, 5) is 27.8. The summed E-state index contributed by atoms with van der Waals surface area (Å²) >= 11 is 0. The summed E-state index contributed by atoms with van der Waals surface area (Å²) in [6.45, 7) is 8.08. The van der Waals surface area contributed by atoms with Crippen LogP contribution in [-0.4, -0.2) is 53.2 Å². The lowest BCUT2D eigenvalue weighted by Gasteiger charge is -2.14. The highest BCUT2D eigenvalue weighted by atomic mass is 28.4. The van der Waals surface area contributed by atoms with Gasteiger partial charge in [-0.15, -0.1) is 10.2 Å². The fraction of sp³-hybridized carbons (Fsp3) is 0.308. The fourth-order valence-corrected chi connectivity index (χ4v) is 4.67. The van der Waals surface area contributed by atoms with Crippen LogP contribution >= 0.6 is 0 Å². The molecule has 0 aliphatic carbocycles. The highest BCUT2D eigenvalue weighted by Gasteiger charge is 2.29. The maximum absolute atomic E-state index is 12.6. The highest BCUT2D eigenvalue weighted by Crippen LogP contribution is 2.34. The summed E-state index contributed by atoms with van der Waals surface area (Å²) in [6, 6.07) is 13.4. The number of amides is 1. The van der Waals surface area contributed by atoms with Crippen molar-refractivity contribution in [3.05, 3.63) is 76.5 Å². The van der Waals surface area contributed by atoms with Crippen molar-refractivity contribution in [2.75, 3.05) is 13.7 Å². The smallest absolute Gasteiger partial charge is 0.222 e. The normalized spacial score (nSPS) is 15.3. The van der Waals surface area contributed by atoms with E-state index in [2.05, 4.69) is 15.5 Å². The van der Waals surface area contributed by atoms with E-state index >= 15 is 0 Å². The number of nitrogens with zero attached hydrogens (tertiary/aromatic N) is 4. The molecule has 0 bridgehead atoms. The van der Waals surface area contributed by atoms with Gasteiger partial charge in [0.15, 0.2) is 5.82 Å². The molecule has 1 aromatic heterocycles. The maximum Gasteiger partial charge on any atom is 0.222 e. The number of ether oxygens (including phenoxy) is 1. The van der Waals surface area contributed by atoms with Crippen molar-refractivity contribution in [3.8, 4) is 11.4 Å². The number of methoxy groups -OCH3 is 1. The molecule has 0 saturated heterocycles. The SMILES string of the molecule is CCNC(=O)C[C@@H]1N=C(c2ccc(C=C[Si](C)(C)O)cc2)c2cc(OC)ccc2-n2c(C)nnc21. The molecular formula is C26H31N5O3Si. The number of nitrogens with one attached hydrogen (secondary N) is 1. The quantitative estimate of drug-likeness (QED) is 0.492. The third-order valence-corrected chi connectivity index (χ3v) is 6.74. The molecule has 182 valence electrons. The Kier molecular flexibility index (Phi) is 6.99. The average Bonchev–Trinajstić information content (AvgIpc) is 3.15. The van der Waals surface area contributed by atoms with E-state index < -0.39 is 14.4 Å². The lowest BCUT2D eigenvalue weighted by atomic mass is 9.99. The lowest BCUT2D eigenvalue weighted by Crippen LogP contribution is -2.25. The fourth-order valence-electron chi connectivity index (χ4n) is 4.07. The predicted octanol–water partition coefficient (Wildman–Crippen LogP) is 3.75. The topological polar surface area (TPSA) is 102 Å². The molecule has 0 saturated carbocycles. The Balaban J connectivity index is 1.86. The number of rotatable bonds is 7. The molecule has 0 unspecified atom stereocenters. The Bertz CT molecular complexity index is 1290. The summed E-state index contributed by atoms with van der Waals surface area (Å²) in [5.74, 6) is 1.97. The van der Waals surface area contributed by atoms with Gasteiger partial charge >= 0.3 is 0 Å². The van der Waals surface area contributed by atoms with E-state index in [0.29, 0.717) is 18.1 Å². The Morgan fingerprint density at radius 2 is 1.94 bits per heavy atom. The number of carbonyl (C=O) groups excluding carboxylic acids is 1. The number of hydrogen-bond acceptors (Lipinski definition) is 6. The van der Waals surface area contributed by atoms with Crippen LogP contribution in [0.3, 0.4) is 0 Å². The number of benzene rings is 2. The lowest BCUT2D eigenvalue weighted by molar-refractivity contribution is -0.121. The van der Waals surface area contributed by atoms with Crippen LogP contribution in [0.4, 0.5) is 0 Å². The maximum atomic E-state index is 12.6. The monoisotopic (exact) mass is 489 g/mol. The molecule has 1 atom stereocenters. The van der Waals surface area contributed by atoms with Gasteiger partial charge in [0.05, 0.1) is 24.9 Å². The third kappa shape index (κ3) is 5.41. The zero-order valence-electron chi connectivity index (χ0n) is 20.7. The van der Waals surface area contributed by atoms with Gasteiger partial charge in [0.2, 0.25) is 14.2 Å². The number of carbonyl (C=O) groups is 1. The Morgan fingerprint density at radius 1 is 1.20 bits per heavy atom. The molecule has 9 heteroatoms. The number of aliphatic imine (C=N–C) groups is 1. The molecule has 0 fully saturated rings. The molecular weight excluding hydrogens is 458 g/mol. The summed E-state index contributed by atoms with van der Waals surface area (Å²) in [5, 5.41) is 11.6. The van der Waals surface area contributed by atoms with E-state index in [-0.39, 0.29) is 12.3 Å². The van der Waals surface area contributed by atoms with Gasteiger partial charge in [-0.05, 0) is 50.7 Å². The van der Waals surface area contributed by atoms with Crippen LogP contribution in [0.5, 0.6) is 5.75 Å². The first-order valence-electron chi connectivity index (χ1n) is 11.7. The van der Waals surface area contributed by atoms with Gasteiger partial charge in [0.1, 0.15) is 17.6 Å². The minimum absolute atomic E-state index is 0.0902. The first-order chi connectivity index (χ1) is 16.7. The van der Waals surface area contributed by atoms with Crippen molar-refractivity contribution in [3.63, 3.8) is 0 Å². The summed E-state index contributed by atoms with van der Waals surface area (Å²) in [5.41, 5.74) is 6.31. The van der Waals surface area contributed by atoms with E-state index in [1.54, 1.807) is 7.11 Å². The summed E-state index contributed by atoms with van der Waals surface area (Å²) in [6.07, 6.45) is 2.11. The van der Waals surface area contributed by atoms with Crippen LogP contribution in [0.2, 0.25) is 13.1 Å². The Hall–Kier alpha value is -3.56. The molecule has 2 heterocycles. The molecule has 4 rings (SSSR count). The van der Waals surface area contributed by atoms with Crippen molar-refractivity contribution in [2.45, 2.75) is 39.4 Å². The third-order valence-electron chi connectivity index (χ3n) is 5.75. The van der Waals surface area contributed by atoms with Gasteiger partial charge < -0.3 is 14.8 Å². The van der Waals surface area contributed by atoms with Crippen molar-refractivity contribution in [1.82, 2.24) is 20.1 Å². The van der Waals surface area contributed by atoms with Crippen LogP contribution in [0.25, 0.3) is 11.8 Å². The van der Waals surface area contributed by atoms with E-state index in [1.807, 2.05) is 85.7 Å². The van der Waals surface area contributed by atoms with Crippen LogP contribution in [0, 0.1) is 6.92 Å². The Labute approximate surface area is 206 Å². The van der Waals surface area contributed by atoms with Gasteiger partial charge in [-0.25, -0.2) is 0 Å². The molecule has 1 aliphatic rings. The second-order valence-corrected chi connectivity index (χ2v) is 12.7. The molecule has 3 aromatic rings. The first-order valence-corrected chi connectivity index (χ1v) is 14.7. The highest BCUT2D eigenvalue weighted by molar-refractivity contribution is 6.75. The molecule has 2 N–H and O–H groups in total. The molecule has 8 nitrogen and oxygen atoms in total. The molecule has 1 aliphatic heterocycles. The van der Waals surface area contributed by atoms with Crippen molar-refractivity contribution in [1.29, 1.82) is 0 Å². The van der Waals surface area contributed by atoms with Gasteiger partial charge in [-0.2, -0.15) is 0 Å². The van der Waals surface area contributed by atoms with Crippen LogP contribution in [-0.2, 0) is 4.79 Å². The minimum atomic E-state index is -2.29. The first kappa shape index (κ1) is 24.6. The predicted molar refractivity (Wildman–Crippen MR) is 140 cm³/mol. The minimum Gasteiger partial charge on any atom is -0.497 e. The van der Waals surface area contributed by atoms with Crippen LogP contribution in [0.15, 0.2) is 53.2 Å². The van der Waals surface area contributed by atoms with E-state index in [1.165, 1.54) is 0 Å². The largest absolute Gasteiger partial charge is 0.497 e. The van der Waals surface area contributed by atoms with Crippen molar-refractivity contribution >= 4 is 26.0 Å². The molecule has 0 spiro atoms. The zero-order valence-corrected chi connectivity index (χ0v) is 21.7. The zero-order chi connectivity index (χ0) is 25.2. The number of aromatic nitrogens is 3. The van der Waals surface area contributed by atoms with E-state index in [4.69, 9.17) is 9.73 Å². The van der Waals surface area contributed by atoms with Crippen molar-refractivity contribution in [2.24, 2.45) is 4.99 Å². The summed E-state index contributed by atoms with van der Waals surface area (Å²) < 4.78 is 7.50. The van der Waals surface area contributed by atoms with Gasteiger partial charge in [0.25, 0.3) is 0 Å². The van der Waals surface area contributed by atoms with E-state index in [0.717, 1.165) is 33.9 Å². The average molecular weight is 490 g/mol. The van der Waals surface area contributed by atoms with E-state index in [9.17, 15) is 9.59 Å². The number of hydrogen-bond donors (Lipinski definition) is 2. The summed E-state index contributed by atoms with van der Waals surface area (Å²) in [7, 11) is -0.653. The van der Waals surface area contributed by atoms with Crippen LogP contribution in [0.1, 0.15) is 47.7 Å². The molecule has 0 radical (unpaired) electrons. The van der Waals surface area contributed by atoms with Gasteiger partial charge in [-0.3, -0.25) is 14.4 Å². The molecule has 2 aromatic carbocycles. The number of aryl methyl sites for hydroxylation is 1. The van der Waals surface area contributed by atoms with Gasteiger partial charge in [-0.1, -0.05) is 36.0 Å². The standard InChI is InChI=1S/C26H31N5O3Si/c1-6-27-24(32)16-22-26-30-29-17(2)31(26)23-12-11-20(34-3)15-21(23)25(28-22)19-9-7-18(8-10-19)13-14-35(4,5)33/h7-15,22,33H,6,16H2,1-5H3,(H,27,32)/t22-/m0/s1. The van der Waals surface area contributed by atoms with Crippen molar-refractivity contribution < 1.29 is 14.3 Å². The number of fused-ring (bicyclic) bond motifs is 3.